The second kappa shape index (κ2) is 7.24. The molecule has 1 saturated heterocycles. The van der Waals surface area contributed by atoms with Crippen molar-refractivity contribution < 1.29 is 9.21 Å². The Kier molecular flexibility index (Phi) is 4.42. The van der Waals surface area contributed by atoms with Crippen molar-refractivity contribution >= 4 is 17.5 Å². The molecule has 5 rings (SSSR count). The van der Waals surface area contributed by atoms with Crippen LogP contribution in [0.2, 0.25) is 0 Å². The Hall–Kier alpha value is -3.35. The molecule has 0 unspecified atom stereocenters. The SMILES string of the molecule is CN1CCN(c2cc(N3CCc4cc(-c5ccccc5)oc4C3)ncn2)CC1=O. The fourth-order valence-electron chi connectivity index (χ4n) is 3.90. The molecule has 4 heterocycles. The Morgan fingerprint density at radius 3 is 2.45 bits per heavy atom. The number of rotatable bonds is 3. The molecule has 7 heteroatoms. The lowest BCUT2D eigenvalue weighted by Gasteiger charge is -2.33. The maximum Gasteiger partial charge on any atom is 0.241 e. The van der Waals surface area contributed by atoms with E-state index in [0.717, 1.165) is 48.2 Å². The molecule has 2 aromatic heterocycles. The highest BCUT2D eigenvalue weighted by Gasteiger charge is 2.25. The van der Waals surface area contributed by atoms with E-state index in [2.05, 4.69) is 33.1 Å². The minimum Gasteiger partial charge on any atom is -0.459 e. The van der Waals surface area contributed by atoms with E-state index in [-0.39, 0.29) is 5.91 Å². The van der Waals surface area contributed by atoms with Gasteiger partial charge in [0.1, 0.15) is 29.5 Å². The Bertz CT molecular complexity index is 1030. The first-order chi connectivity index (χ1) is 14.2. The molecule has 0 atom stereocenters. The maximum absolute atomic E-state index is 12.0. The maximum atomic E-state index is 12.0. The molecule has 2 aliphatic rings. The van der Waals surface area contributed by atoms with Gasteiger partial charge in [0.05, 0.1) is 13.1 Å². The first-order valence-electron chi connectivity index (χ1n) is 9.90. The minimum absolute atomic E-state index is 0.114. The zero-order valence-electron chi connectivity index (χ0n) is 16.4. The van der Waals surface area contributed by atoms with Crippen molar-refractivity contribution in [2.75, 3.05) is 43.0 Å². The largest absolute Gasteiger partial charge is 0.459 e. The van der Waals surface area contributed by atoms with Crippen LogP contribution in [-0.2, 0) is 17.8 Å². The van der Waals surface area contributed by atoms with E-state index >= 15 is 0 Å². The molecule has 3 aromatic rings. The summed E-state index contributed by atoms with van der Waals surface area (Å²) in [6, 6.07) is 14.3. The molecule has 0 spiro atoms. The molecule has 0 aliphatic carbocycles. The molecule has 0 radical (unpaired) electrons. The number of hydrogen-bond donors (Lipinski definition) is 0. The van der Waals surface area contributed by atoms with Gasteiger partial charge in [0.2, 0.25) is 5.91 Å². The fourth-order valence-corrected chi connectivity index (χ4v) is 3.90. The summed E-state index contributed by atoms with van der Waals surface area (Å²) in [6.45, 7) is 3.40. The summed E-state index contributed by atoms with van der Waals surface area (Å²) < 4.78 is 6.17. The van der Waals surface area contributed by atoms with Crippen molar-refractivity contribution in [3.8, 4) is 11.3 Å². The van der Waals surface area contributed by atoms with Crippen LogP contribution >= 0.6 is 0 Å². The van der Waals surface area contributed by atoms with Gasteiger partial charge in [-0.15, -0.1) is 0 Å². The van der Waals surface area contributed by atoms with Gasteiger partial charge in [-0.1, -0.05) is 30.3 Å². The van der Waals surface area contributed by atoms with Crippen LogP contribution in [0.5, 0.6) is 0 Å². The van der Waals surface area contributed by atoms with E-state index in [9.17, 15) is 4.79 Å². The first-order valence-corrected chi connectivity index (χ1v) is 9.90. The number of fused-ring (bicyclic) bond motifs is 1. The highest BCUT2D eigenvalue weighted by atomic mass is 16.3. The van der Waals surface area contributed by atoms with E-state index in [1.54, 1.807) is 11.2 Å². The summed E-state index contributed by atoms with van der Waals surface area (Å²) in [5.41, 5.74) is 2.36. The van der Waals surface area contributed by atoms with Gasteiger partial charge in [0.15, 0.2) is 0 Å². The highest BCUT2D eigenvalue weighted by Crippen LogP contribution is 2.31. The van der Waals surface area contributed by atoms with Gasteiger partial charge in [-0.3, -0.25) is 4.79 Å². The first kappa shape index (κ1) is 17.7. The van der Waals surface area contributed by atoms with Crippen LogP contribution in [0, 0.1) is 0 Å². The molecule has 148 valence electrons. The topological polar surface area (TPSA) is 65.7 Å². The van der Waals surface area contributed by atoms with Crippen molar-refractivity contribution in [1.29, 1.82) is 0 Å². The number of carbonyl (C=O) groups is 1. The number of benzene rings is 1. The molecule has 29 heavy (non-hydrogen) atoms. The predicted octanol–water partition coefficient (Wildman–Crippen LogP) is 2.58. The number of furan rings is 1. The predicted molar refractivity (Wildman–Crippen MR) is 111 cm³/mol. The molecule has 1 aromatic carbocycles. The van der Waals surface area contributed by atoms with Gasteiger partial charge in [-0.2, -0.15) is 0 Å². The zero-order valence-corrected chi connectivity index (χ0v) is 16.4. The Morgan fingerprint density at radius 2 is 1.69 bits per heavy atom. The van der Waals surface area contributed by atoms with Gasteiger partial charge in [0.25, 0.3) is 0 Å². The number of nitrogens with zero attached hydrogens (tertiary/aromatic N) is 5. The average Bonchev–Trinajstić information content (AvgIpc) is 3.20. The number of aromatic nitrogens is 2. The summed E-state index contributed by atoms with van der Waals surface area (Å²) in [6.07, 6.45) is 2.50. The second-order valence-corrected chi connectivity index (χ2v) is 7.57. The Morgan fingerprint density at radius 1 is 0.931 bits per heavy atom. The zero-order chi connectivity index (χ0) is 19.8. The molecule has 2 aliphatic heterocycles. The van der Waals surface area contributed by atoms with Crippen LogP contribution in [0.15, 0.2) is 53.2 Å². The number of hydrogen-bond acceptors (Lipinski definition) is 6. The monoisotopic (exact) mass is 389 g/mol. The van der Waals surface area contributed by atoms with E-state index < -0.39 is 0 Å². The van der Waals surface area contributed by atoms with Gasteiger partial charge in [-0.05, 0) is 18.1 Å². The van der Waals surface area contributed by atoms with Crippen molar-refractivity contribution in [1.82, 2.24) is 14.9 Å². The van der Waals surface area contributed by atoms with Gasteiger partial charge in [0, 0.05) is 38.3 Å². The summed E-state index contributed by atoms with van der Waals surface area (Å²) >= 11 is 0. The lowest BCUT2D eigenvalue weighted by Crippen LogP contribution is -2.48. The summed E-state index contributed by atoms with van der Waals surface area (Å²) in [7, 11) is 1.84. The van der Waals surface area contributed by atoms with Gasteiger partial charge >= 0.3 is 0 Å². The smallest absolute Gasteiger partial charge is 0.241 e. The Labute approximate surface area is 169 Å². The van der Waals surface area contributed by atoms with Crippen LogP contribution in [-0.4, -0.2) is 54.0 Å². The van der Waals surface area contributed by atoms with Crippen LogP contribution in [0.3, 0.4) is 0 Å². The van der Waals surface area contributed by atoms with E-state index in [0.29, 0.717) is 19.6 Å². The minimum atomic E-state index is 0.114. The summed E-state index contributed by atoms with van der Waals surface area (Å²) in [4.78, 5) is 26.9. The van der Waals surface area contributed by atoms with Gasteiger partial charge < -0.3 is 19.1 Å². The number of anilines is 2. The summed E-state index contributed by atoms with van der Waals surface area (Å²) in [5.74, 6) is 3.68. The normalized spacial score (nSPS) is 16.9. The van der Waals surface area contributed by atoms with Crippen LogP contribution in [0.1, 0.15) is 11.3 Å². The second-order valence-electron chi connectivity index (χ2n) is 7.57. The fraction of sp³-hybridized carbons (Fsp3) is 0.318. The lowest BCUT2D eigenvalue weighted by atomic mass is 10.1. The number of carbonyl (C=O) groups excluding carboxylic acids is 1. The van der Waals surface area contributed by atoms with Crippen LogP contribution in [0.4, 0.5) is 11.6 Å². The standard InChI is InChI=1S/C22H23N5O2/c1-25-9-10-27(14-22(25)28)21-12-20(23-15-24-21)26-8-7-17-11-18(29-19(17)13-26)16-5-3-2-4-6-16/h2-6,11-12,15H,7-10,13-14H2,1H3. The van der Waals surface area contributed by atoms with Gasteiger partial charge in [-0.25, -0.2) is 9.97 Å². The molecule has 0 saturated carbocycles. The van der Waals surface area contributed by atoms with Crippen molar-refractivity contribution in [3.05, 3.63) is 60.1 Å². The van der Waals surface area contributed by atoms with Crippen molar-refractivity contribution in [3.63, 3.8) is 0 Å². The third-order valence-electron chi connectivity index (χ3n) is 5.68. The third-order valence-corrected chi connectivity index (χ3v) is 5.68. The molecular formula is C22H23N5O2. The third kappa shape index (κ3) is 3.44. The Balaban J connectivity index is 1.35. The van der Waals surface area contributed by atoms with Crippen molar-refractivity contribution in [2.45, 2.75) is 13.0 Å². The number of amides is 1. The lowest BCUT2D eigenvalue weighted by molar-refractivity contribution is -0.129. The van der Waals surface area contributed by atoms with Crippen LogP contribution < -0.4 is 9.80 Å². The number of likely N-dealkylation sites (N-methyl/N-ethyl adjacent to an activating group) is 1. The highest BCUT2D eigenvalue weighted by molar-refractivity contribution is 5.82. The molecule has 0 bridgehead atoms. The van der Waals surface area contributed by atoms with E-state index in [4.69, 9.17) is 4.42 Å². The molecule has 7 nitrogen and oxygen atoms in total. The summed E-state index contributed by atoms with van der Waals surface area (Å²) in [5, 5.41) is 0. The van der Waals surface area contributed by atoms with E-state index in [1.807, 2.05) is 36.2 Å². The molecule has 0 N–H and O–H groups in total. The quantitative estimate of drug-likeness (QED) is 0.686. The van der Waals surface area contributed by atoms with E-state index in [1.165, 1.54) is 5.56 Å². The molecule has 1 amide bonds. The number of piperazine rings is 1. The molecular weight excluding hydrogens is 366 g/mol. The molecule has 1 fully saturated rings. The van der Waals surface area contributed by atoms with Crippen molar-refractivity contribution in [2.24, 2.45) is 0 Å². The average molecular weight is 389 g/mol. The van der Waals surface area contributed by atoms with Crippen LogP contribution in [0.25, 0.3) is 11.3 Å².